The Bertz CT molecular complexity index is 189. The summed E-state index contributed by atoms with van der Waals surface area (Å²) in [5.74, 6) is -0.321. The molecule has 0 bridgehead atoms. The Morgan fingerprint density at radius 1 is 1.47 bits per heavy atom. The normalized spacial score (nSPS) is 15.1. The summed E-state index contributed by atoms with van der Waals surface area (Å²) in [6.45, 7) is 1.92. The fourth-order valence-corrected chi connectivity index (χ4v) is 1.10. The number of nitrogens with one attached hydrogen (secondary N) is 1. The Hall–Kier alpha value is -0.690. The van der Waals surface area contributed by atoms with Crippen LogP contribution in [0.25, 0.3) is 0 Å². The summed E-state index contributed by atoms with van der Waals surface area (Å²) in [5.41, 5.74) is 13.9. The lowest BCUT2D eigenvalue weighted by Gasteiger charge is -2.25. The summed E-state index contributed by atoms with van der Waals surface area (Å²) in [4.78, 5) is 11.4. The molecule has 0 aromatic rings. The van der Waals surface area contributed by atoms with Gasteiger partial charge in [0.25, 0.3) is 5.91 Å². The second kappa shape index (κ2) is 7.58. The fraction of sp³-hybridized carbons (Fsp3) is 0.889. The van der Waals surface area contributed by atoms with Crippen LogP contribution in [-0.4, -0.2) is 41.9 Å². The highest BCUT2D eigenvalue weighted by Crippen LogP contribution is 1.96. The van der Waals surface area contributed by atoms with Gasteiger partial charge in [-0.15, -0.1) is 0 Å². The van der Waals surface area contributed by atoms with E-state index in [1.807, 2.05) is 6.92 Å². The van der Waals surface area contributed by atoms with E-state index in [1.165, 1.54) is 0 Å². The minimum atomic E-state index is -0.689. The average molecular weight is 218 g/mol. The number of aliphatic hydroxyl groups excluding tert-OH is 1. The van der Waals surface area contributed by atoms with Crippen LogP contribution in [0.4, 0.5) is 0 Å². The van der Waals surface area contributed by atoms with Crippen molar-refractivity contribution < 1.29 is 9.90 Å². The van der Waals surface area contributed by atoms with E-state index in [2.05, 4.69) is 5.43 Å². The first-order valence-corrected chi connectivity index (χ1v) is 5.18. The Morgan fingerprint density at radius 3 is 2.53 bits per heavy atom. The second-order valence-corrected chi connectivity index (χ2v) is 3.56. The molecule has 0 aliphatic rings. The van der Waals surface area contributed by atoms with Crippen molar-refractivity contribution in [2.75, 3.05) is 13.7 Å². The summed E-state index contributed by atoms with van der Waals surface area (Å²) in [7, 11) is 1.70. The molecule has 6 N–H and O–H groups in total. The van der Waals surface area contributed by atoms with Gasteiger partial charge in [0.05, 0.1) is 12.2 Å². The van der Waals surface area contributed by atoms with Crippen molar-refractivity contribution >= 4 is 5.91 Å². The van der Waals surface area contributed by atoms with Crippen LogP contribution in [0.2, 0.25) is 0 Å². The minimum Gasteiger partial charge on any atom is -0.396 e. The molecule has 90 valence electrons. The maximum absolute atomic E-state index is 11.4. The number of nitrogens with zero attached hydrogens (tertiary/aromatic N) is 1. The summed E-state index contributed by atoms with van der Waals surface area (Å²) >= 11 is 0. The van der Waals surface area contributed by atoms with Crippen molar-refractivity contribution in [1.82, 2.24) is 10.4 Å². The zero-order valence-corrected chi connectivity index (χ0v) is 9.44. The van der Waals surface area contributed by atoms with Crippen LogP contribution in [0.3, 0.4) is 0 Å². The number of nitrogens with two attached hydrogens (primary N) is 2. The van der Waals surface area contributed by atoms with Crippen molar-refractivity contribution in [3.8, 4) is 0 Å². The first kappa shape index (κ1) is 14.3. The van der Waals surface area contributed by atoms with E-state index >= 15 is 0 Å². The molecule has 0 aromatic carbocycles. The molecule has 0 saturated carbocycles. The number of amides is 1. The van der Waals surface area contributed by atoms with Gasteiger partial charge in [0.2, 0.25) is 0 Å². The maximum atomic E-state index is 11.4. The fourth-order valence-electron chi connectivity index (χ4n) is 1.10. The van der Waals surface area contributed by atoms with Crippen LogP contribution in [0.1, 0.15) is 26.2 Å². The van der Waals surface area contributed by atoms with Gasteiger partial charge >= 0.3 is 0 Å². The number of carbonyl (C=O) groups is 1. The van der Waals surface area contributed by atoms with Crippen LogP contribution in [0, 0.1) is 0 Å². The number of aliphatic hydroxyl groups is 1. The van der Waals surface area contributed by atoms with E-state index < -0.39 is 6.04 Å². The molecule has 6 nitrogen and oxygen atoms in total. The molecule has 6 heteroatoms. The summed E-state index contributed by atoms with van der Waals surface area (Å²) in [6.07, 6.45) is 1.79. The van der Waals surface area contributed by atoms with E-state index in [1.54, 1.807) is 12.1 Å². The van der Waals surface area contributed by atoms with E-state index in [0.717, 1.165) is 12.8 Å². The van der Waals surface area contributed by atoms with Crippen LogP contribution >= 0.6 is 0 Å². The summed E-state index contributed by atoms with van der Waals surface area (Å²) in [6, 6.07) is -0.689. The molecule has 15 heavy (non-hydrogen) atoms. The minimum absolute atomic E-state index is 0.0979. The predicted octanol–water partition coefficient (Wildman–Crippen LogP) is -1.26. The molecule has 0 rings (SSSR count). The Labute approximate surface area is 90.6 Å². The van der Waals surface area contributed by atoms with Gasteiger partial charge in [-0.2, -0.15) is 0 Å². The zero-order chi connectivity index (χ0) is 11.8. The molecule has 0 radical (unpaired) electrons. The number of hydrazine groups is 1. The predicted molar refractivity (Wildman–Crippen MR) is 58.5 cm³/mol. The van der Waals surface area contributed by atoms with Crippen molar-refractivity contribution in [3.05, 3.63) is 0 Å². The van der Waals surface area contributed by atoms with Crippen molar-refractivity contribution in [1.29, 1.82) is 0 Å². The van der Waals surface area contributed by atoms with Gasteiger partial charge in [-0.1, -0.05) is 13.3 Å². The molecule has 0 spiro atoms. The van der Waals surface area contributed by atoms with Gasteiger partial charge in [-0.3, -0.25) is 10.2 Å². The first-order valence-electron chi connectivity index (χ1n) is 5.18. The lowest BCUT2D eigenvalue weighted by Crippen LogP contribution is -2.54. The third-order valence-corrected chi connectivity index (χ3v) is 2.15. The van der Waals surface area contributed by atoms with Gasteiger partial charge in [-0.05, 0) is 12.8 Å². The third kappa shape index (κ3) is 5.68. The molecule has 0 aliphatic heterocycles. The lowest BCUT2D eigenvalue weighted by molar-refractivity contribution is -0.128. The number of rotatable bonds is 7. The second-order valence-electron chi connectivity index (χ2n) is 3.56. The maximum Gasteiger partial charge on any atom is 0.251 e. The average Bonchev–Trinajstić information content (AvgIpc) is 2.18. The van der Waals surface area contributed by atoms with Gasteiger partial charge in [0.15, 0.2) is 0 Å². The molecular formula is C9H22N4O2. The van der Waals surface area contributed by atoms with Gasteiger partial charge in [0.1, 0.15) is 0 Å². The van der Waals surface area contributed by atoms with Crippen molar-refractivity contribution in [3.63, 3.8) is 0 Å². The summed E-state index contributed by atoms with van der Waals surface area (Å²) < 4.78 is 0. The monoisotopic (exact) mass is 218 g/mol. The smallest absolute Gasteiger partial charge is 0.251 e. The first-order chi connectivity index (χ1) is 7.02. The zero-order valence-electron chi connectivity index (χ0n) is 9.44. The molecule has 0 aromatic heterocycles. The molecule has 2 atom stereocenters. The Morgan fingerprint density at radius 2 is 2.07 bits per heavy atom. The Kier molecular flexibility index (Phi) is 7.23. The number of carbonyl (C=O) groups excluding carboxylic acids is 1. The lowest BCUT2D eigenvalue weighted by atomic mass is 10.2. The highest BCUT2D eigenvalue weighted by Gasteiger charge is 2.16. The quantitative estimate of drug-likeness (QED) is 0.315. The summed E-state index contributed by atoms with van der Waals surface area (Å²) in [5, 5.41) is 10.2. The molecule has 0 fully saturated rings. The van der Waals surface area contributed by atoms with Crippen LogP contribution in [0.15, 0.2) is 0 Å². The van der Waals surface area contributed by atoms with E-state index in [9.17, 15) is 4.79 Å². The molecular weight excluding hydrogens is 196 g/mol. The van der Waals surface area contributed by atoms with E-state index in [0.29, 0.717) is 0 Å². The SMILES string of the molecule is CCCC(N)N(C)NC(=O)C(N)CCO. The van der Waals surface area contributed by atoms with Gasteiger partial charge in [-0.25, -0.2) is 5.01 Å². The molecule has 1 amide bonds. The van der Waals surface area contributed by atoms with Gasteiger partial charge in [0, 0.05) is 13.7 Å². The molecule has 0 heterocycles. The van der Waals surface area contributed by atoms with Crippen molar-refractivity contribution in [2.24, 2.45) is 11.5 Å². The molecule has 2 unspecified atom stereocenters. The number of hydrogen-bond donors (Lipinski definition) is 4. The highest BCUT2D eigenvalue weighted by molar-refractivity contribution is 5.80. The van der Waals surface area contributed by atoms with Crippen molar-refractivity contribution in [2.45, 2.75) is 38.4 Å². The van der Waals surface area contributed by atoms with E-state index in [-0.39, 0.29) is 25.1 Å². The van der Waals surface area contributed by atoms with Gasteiger partial charge < -0.3 is 16.6 Å². The molecule has 0 aliphatic carbocycles. The highest BCUT2D eigenvalue weighted by atomic mass is 16.3. The van der Waals surface area contributed by atoms with E-state index in [4.69, 9.17) is 16.6 Å². The standard InChI is InChI=1S/C9H22N4O2/c1-3-4-8(11)13(2)12-9(15)7(10)5-6-14/h7-8,14H,3-6,10-11H2,1-2H3,(H,12,15). The molecule has 0 saturated heterocycles. The van der Waals surface area contributed by atoms with Crippen LogP contribution in [-0.2, 0) is 4.79 Å². The third-order valence-electron chi connectivity index (χ3n) is 2.15. The topological polar surface area (TPSA) is 105 Å². The van der Waals surface area contributed by atoms with Crippen LogP contribution in [0.5, 0.6) is 0 Å². The number of hydrogen-bond acceptors (Lipinski definition) is 5. The largest absolute Gasteiger partial charge is 0.396 e. The van der Waals surface area contributed by atoms with Crippen LogP contribution < -0.4 is 16.9 Å². The Balaban J connectivity index is 3.94.